The summed E-state index contributed by atoms with van der Waals surface area (Å²) >= 11 is 0. The van der Waals surface area contributed by atoms with Crippen LogP contribution >= 0.6 is 0 Å². The van der Waals surface area contributed by atoms with E-state index in [0.717, 1.165) is 0 Å². The quantitative estimate of drug-likeness (QED) is 0.691. The molecule has 0 radical (unpaired) electrons. The Morgan fingerprint density at radius 1 is 1.00 bits per heavy atom. The highest BCUT2D eigenvalue weighted by atomic mass is 16.5. The average Bonchev–Trinajstić information content (AvgIpc) is 3.26. The topological polar surface area (TPSA) is 89.3 Å². The largest absolute Gasteiger partial charge is 0.484 e. The third-order valence-corrected chi connectivity index (χ3v) is 4.45. The molecule has 2 amide bonds. The van der Waals surface area contributed by atoms with Gasteiger partial charge < -0.3 is 23.7 Å². The predicted molar refractivity (Wildman–Crippen MR) is 104 cm³/mol. The lowest BCUT2D eigenvalue weighted by atomic mass is 10.2. The van der Waals surface area contributed by atoms with Crippen LogP contribution < -0.4 is 4.74 Å². The van der Waals surface area contributed by atoms with E-state index in [0.29, 0.717) is 43.3 Å². The number of piperazine rings is 1. The van der Waals surface area contributed by atoms with E-state index in [2.05, 4.69) is 0 Å². The highest BCUT2D eigenvalue weighted by Gasteiger charge is 2.26. The lowest BCUT2D eigenvalue weighted by molar-refractivity contribution is -0.134. The summed E-state index contributed by atoms with van der Waals surface area (Å²) in [6, 6.07) is 9.76. The molecule has 2 heterocycles. The van der Waals surface area contributed by atoms with Crippen LogP contribution in [0.2, 0.25) is 0 Å². The van der Waals surface area contributed by atoms with Gasteiger partial charge in [-0.25, -0.2) is 4.79 Å². The lowest BCUT2D eigenvalue weighted by Gasteiger charge is -2.34. The van der Waals surface area contributed by atoms with E-state index in [1.807, 2.05) is 0 Å². The fraction of sp³-hybridized carbons (Fsp3) is 0.381. The molecule has 0 atom stereocenters. The highest BCUT2D eigenvalue weighted by molar-refractivity contribution is 5.91. The smallest absolute Gasteiger partial charge is 0.338 e. The third-order valence-electron chi connectivity index (χ3n) is 4.45. The maximum Gasteiger partial charge on any atom is 0.338 e. The van der Waals surface area contributed by atoms with Crippen molar-refractivity contribution in [2.24, 2.45) is 0 Å². The van der Waals surface area contributed by atoms with Crippen molar-refractivity contribution in [3.05, 3.63) is 54.0 Å². The van der Waals surface area contributed by atoms with Gasteiger partial charge in [-0.1, -0.05) is 0 Å². The molecule has 0 spiro atoms. The molecule has 0 bridgehead atoms. The Morgan fingerprint density at radius 2 is 1.66 bits per heavy atom. The third kappa shape index (κ3) is 5.37. The molecule has 1 aliphatic rings. The van der Waals surface area contributed by atoms with E-state index in [-0.39, 0.29) is 24.5 Å². The van der Waals surface area contributed by atoms with E-state index >= 15 is 0 Å². The number of hydrogen-bond acceptors (Lipinski definition) is 6. The van der Waals surface area contributed by atoms with Crippen LogP contribution in [-0.4, -0.2) is 66.5 Å². The SMILES string of the molecule is CC(C)OC(=O)c1ccc(OCC(=O)N2CCN(C(=O)c3ccco3)CC2)cc1. The number of ether oxygens (including phenoxy) is 2. The molecular formula is C21H24N2O6. The molecular weight excluding hydrogens is 376 g/mol. The second-order valence-electron chi connectivity index (χ2n) is 6.92. The zero-order valence-corrected chi connectivity index (χ0v) is 16.5. The van der Waals surface area contributed by atoms with Gasteiger partial charge in [-0.05, 0) is 50.2 Å². The maximum atomic E-state index is 12.4. The standard InChI is InChI=1S/C21H24N2O6/c1-15(2)29-21(26)16-5-7-17(8-6-16)28-14-19(24)22-9-11-23(12-10-22)20(25)18-4-3-13-27-18/h3-8,13,15H,9-12,14H2,1-2H3. The van der Waals surface area contributed by atoms with Crippen molar-refractivity contribution in [2.75, 3.05) is 32.8 Å². The van der Waals surface area contributed by atoms with Crippen LogP contribution in [0.15, 0.2) is 47.1 Å². The molecule has 1 aliphatic heterocycles. The van der Waals surface area contributed by atoms with E-state index in [9.17, 15) is 14.4 Å². The van der Waals surface area contributed by atoms with Gasteiger partial charge in [0.05, 0.1) is 17.9 Å². The first kappa shape index (κ1) is 20.4. The average molecular weight is 400 g/mol. The van der Waals surface area contributed by atoms with E-state index in [1.165, 1.54) is 6.26 Å². The molecule has 0 saturated carbocycles. The van der Waals surface area contributed by atoms with Crippen molar-refractivity contribution < 1.29 is 28.3 Å². The summed E-state index contributed by atoms with van der Waals surface area (Å²) in [6.45, 7) is 5.22. The highest BCUT2D eigenvalue weighted by Crippen LogP contribution is 2.14. The fourth-order valence-electron chi connectivity index (χ4n) is 2.92. The summed E-state index contributed by atoms with van der Waals surface area (Å²) in [7, 11) is 0. The summed E-state index contributed by atoms with van der Waals surface area (Å²) in [6.07, 6.45) is 1.27. The van der Waals surface area contributed by atoms with Crippen LogP contribution in [0, 0.1) is 0 Å². The lowest BCUT2D eigenvalue weighted by Crippen LogP contribution is -2.51. The molecule has 8 heteroatoms. The predicted octanol–water partition coefficient (Wildman–Crippen LogP) is 2.21. The van der Waals surface area contributed by atoms with Gasteiger partial charge >= 0.3 is 5.97 Å². The van der Waals surface area contributed by atoms with E-state index in [4.69, 9.17) is 13.9 Å². The zero-order chi connectivity index (χ0) is 20.8. The molecule has 1 aromatic carbocycles. The Bertz CT molecular complexity index is 837. The Labute approximate surface area is 169 Å². The van der Waals surface area contributed by atoms with Crippen molar-refractivity contribution in [1.82, 2.24) is 9.80 Å². The van der Waals surface area contributed by atoms with Gasteiger partial charge in [-0.2, -0.15) is 0 Å². The zero-order valence-electron chi connectivity index (χ0n) is 16.5. The number of amides is 2. The van der Waals surface area contributed by atoms with Crippen LogP contribution in [0.5, 0.6) is 5.75 Å². The molecule has 0 N–H and O–H groups in total. The van der Waals surface area contributed by atoms with Crippen molar-refractivity contribution in [2.45, 2.75) is 20.0 Å². The summed E-state index contributed by atoms with van der Waals surface area (Å²) in [5.41, 5.74) is 0.426. The molecule has 2 aromatic rings. The summed E-state index contributed by atoms with van der Waals surface area (Å²) in [4.78, 5) is 39.8. The molecule has 0 unspecified atom stereocenters. The number of carbonyl (C=O) groups excluding carboxylic acids is 3. The summed E-state index contributed by atoms with van der Waals surface area (Å²) in [5, 5.41) is 0. The van der Waals surface area contributed by atoms with Gasteiger partial charge in [0.25, 0.3) is 11.8 Å². The normalized spacial score (nSPS) is 14.0. The van der Waals surface area contributed by atoms with Gasteiger partial charge in [-0.3, -0.25) is 9.59 Å². The van der Waals surface area contributed by atoms with Crippen molar-refractivity contribution in [1.29, 1.82) is 0 Å². The second kappa shape index (κ2) is 9.27. The molecule has 8 nitrogen and oxygen atoms in total. The fourth-order valence-corrected chi connectivity index (χ4v) is 2.92. The van der Waals surface area contributed by atoms with Crippen molar-refractivity contribution in [3.63, 3.8) is 0 Å². The van der Waals surface area contributed by atoms with E-state index in [1.54, 1.807) is 60.0 Å². The van der Waals surface area contributed by atoms with Crippen LogP contribution in [0.4, 0.5) is 0 Å². The van der Waals surface area contributed by atoms with Gasteiger partial charge in [0.1, 0.15) is 5.75 Å². The minimum atomic E-state index is -0.399. The van der Waals surface area contributed by atoms with Crippen LogP contribution in [-0.2, 0) is 9.53 Å². The first-order valence-electron chi connectivity index (χ1n) is 9.48. The Balaban J connectivity index is 1.44. The maximum absolute atomic E-state index is 12.4. The van der Waals surface area contributed by atoms with Crippen LogP contribution in [0.25, 0.3) is 0 Å². The van der Waals surface area contributed by atoms with Gasteiger partial charge in [0.2, 0.25) is 0 Å². The second-order valence-corrected chi connectivity index (χ2v) is 6.92. The number of nitrogens with zero attached hydrogens (tertiary/aromatic N) is 2. The molecule has 0 aliphatic carbocycles. The molecule has 3 rings (SSSR count). The van der Waals surface area contributed by atoms with Gasteiger partial charge in [0, 0.05) is 26.2 Å². The minimum absolute atomic E-state index is 0.109. The van der Waals surface area contributed by atoms with Gasteiger partial charge in [0.15, 0.2) is 12.4 Å². The first-order chi connectivity index (χ1) is 13.9. The number of benzene rings is 1. The summed E-state index contributed by atoms with van der Waals surface area (Å²) < 4.78 is 15.8. The van der Waals surface area contributed by atoms with Gasteiger partial charge in [-0.15, -0.1) is 0 Å². The number of carbonyl (C=O) groups is 3. The minimum Gasteiger partial charge on any atom is -0.484 e. The Morgan fingerprint density at radius 3 is 2.24 bits per heavy atom. The van der Waals surface area contributed by atoms with Crippen LogP contribution in [0.1, 0.15) is 34.8 Å². The van der Waals surface area contributed by atoms with Crippen molar-refractivity contribution >= 4 is 17.8 Å². The first-order valence-corrected chi connectivity index (χ1v) is 9.48. The molecule has 1 saturated heterocycles. The molecule has 154 valence electrons. The van der Waals surface area contributed by atoms with Crippen molar-refractivity contribution in [3.8, 4) is 5.75 Å². The molecule has 1 fully saturated rings. The molecule has 29 heavy (non-hydrogen) atoms. The number of furan rings is 1. The summed E-state index contributed by atoms with van der Waals surface area (Å²) in [5.74, 6) is 0.0670. The number of hydrogen-bond donors (Lipinski definition) is 0. The van der Waals surface area contributed by atoms with E-state index < -0.39 is 5.97 Å². The number of rotatable bonds is 6. The monoisotopic (exact) mass is 400 g/mol. The number of esters is 1. The Kier molecular flexibility index (Phi) is 6.54. The Hall–Kier alpha value is -3.29. The van der Waals surface area contributed by atoms with Crippen LogP contribution in [0.3, 0.4) is 0 Å². The molecule has 1 aromatic heterocycles.